The molecule has 0 aliphatic carbocycles. The van der Waals surface area contributed by atoms with Gasteiger partial charge in [0.1, 0.15) is 0 Å². The van der Waals surface area contributed by atoms with Crippen molar-refractivity contribution < 1.29 is 12.8 Å². The zero-order valence-corrected chi connectivity index (χ0v) is 16.4. The van der Waals surface area contributed by atoms with E-state index in [2.05, 4.69) is 38.1 Å². The zero-order chi connectivity index (χ0) is 17.3. The number of sulfone groups is 1. The molecule has 0 N–H and O–H groups in total. The van der Waals surface area contributed by atoms with Crippen molar-refractivity contribution in [1.82, 2.24) is 14.7 Å². The Morgan fingerprint density at radius 1 is 1.42 bits per heavy atom. The van der Waals surface area contributed by atoms with Gasteiger partial charge in [0.15, 0.2) is 9.84 Å². The molecule has 24 heavy (non-hydrogen) atoms. The summed E-state index contributed by atoms with van der Waals surface area (Å²) in [7, 11) is -1.00. The van der Waals surface area contributed by atoms with E-state index in [1.165, 1.54) is 5.56 Å². The monoisotopic (exact) mass is 431 g/mol. The van der Waals surface area contributed by atoms with Gasteiger partial charge < -0.3 is 4.42 Å². The average Bonchev–Trinajstić information content (AvgIpc) is 3.04. The van der Waals surface area contributed by atoms with E-state index in [-0.39, 0.29) is 22.3 Å². The number of halogens is 1. The Morgan fingerprint density at radius 3 is 2.75 bits per heavy atom. The summed E-state index contributed by atoms with van der Waals surface area (Å²) in [5.74, 6) is 0.528. The van der Waals surface area contributed by atoms with E-state index in [0.29, 0.717) is 19.0 Å². The smallest absolute Gasteiger partial charge is 0.288 e. The average molecular weight is 432 g/mol. The summed E-state index contributed by atoms with van der Waals surface area (Å²) in [6, 6.07) is 8.11. The highest BCUT2D eigenvalue weighted by molar-refractivity contribution is 9.10. The fraction of sp³-hybridized carbons (Fsp3) is 0.467. The fourth-order valence-electron chi connectivity index (χ4n) is 2.75. The molecule has 3 rings (SSSR count). The first-order chi connectivity index (χ1) is 11.3. The normalized spacial score (nSPS) is 19.9. The Bertz CT molecular complexity index is 874. The van der Waals surface area contributed by atoms with Crippen LogP contribution in [0.2, 0.25) is 0 Å². The topological polar surface area (TPSA) is 68.3 Å². The fourth-order valence-corrected chi connectivity index (χ4v) is 4.93. The van der Waals surface area contributed by atoms with Gasteiger partial charge in [0.25, 0.3) is 4.84 Å². The Morgan fingerprint density at radius 2 is 2.12 bits per heavy atom. The van der Waals surface area contributed by atoms with Gasteiger partial charge in [-0.15, -0.1) is 5.10 Å². The minimum atomic E-state index is -2.97. The van der Waals surface area contributed by atoms with Crippen molar-refractivity contribution in [2.45, 2.75) is 25.6 Å². The maximum atomic E-state index is 11.6. The molecule has 1 atom stereocenters. The van der Waals surface area contributed by atoms with Crippen molar-refractivity contribution in [3.05, 3.63) is 45.0 Å². The summed E-state index contributed by atoms with van der Waals surface area (Å²) in [6.07, 6.45) is 0.548. The van der Waals surface area contributed by atoms with Gasteiger partial charge >= 0.3 is 0 Å². The van der Waals surface area contributed by atoms with Crippen LogP contribution in [0.5, 0.6) is 0 Å². The van der Waals surface area contributed by atoms with Crippen molar-refractivity contribution in [3.8, 4) is 0 Å². The third kappa shape index (κ3) is 4.33. The SMILES string of the molecule is CN(Cc1ccc(Br)cc1)Cn1nc(C2CCS(=O)(=O)C2)oc1=S. The molecule has 1 fully saturated rings. The molecule has 0 bridgehead atoms. The van der Waals surface area contributed by atoms with Crippen molar-refractivity contribution in [2.75, 3.05) is 18.6 Å². The first kappa shape index (κ1) is 17.8. The Labute approximate surface area is 154 Å². The maximum absolute atomic E-state index is 11.6. The van der Waals surface area contributed by atoms with Gasteiger partial charge in [0, 0.05) is 11.0 Å². The predicted octanol–water partition coefficient (Wildman–Crippen LogP) is 2.96. The van der Waals surface area contributed by atoms with E-state index in [1.54, 1.807) is 4.68 Å². The molecule has 0 radical (unpaired) electrons. The van der Waals surface area contributed by atoms with E-state index < -0.39 is 9.84 Å². The molecule has 1 aromatic heterocycles. The lowest BCUT2D eigenvalue weighted by molar-refractivity contribution is 0.240. The number of rotatable bonds is 5. The minimum Gasteiger partial charge on any atom is -0.414 e. The lowest BCUT2D eigenvalue weighted by Crippen LogP contribution is -2.22. The second-order valence-corrected chi connectivity index (χ2v) is 9.58. The molecule has 0 saturated carbocycles. The molecule has 0 spiro atoms. The van der Waals surface area contributed by atoms with E-state index in [0.717, 1.165) is 11.0 Å². The summed E-state index contributed by atoms with van der Waals surface area (Å²) in [4.78, 5) is 2.34. The third-order valence-corrected chi connectivity index (χ3v) is 6.54. The van der Waals surface area contributed by atoms with E-state index in [1.807, 2.05) is 19.2 Å². The predicted molar refractivity (Wildman–Crippen MR) is 96.9 cm³/mol. The van der Waals surface area contributed by atoms with Gasteiger partial charge in [-0.2, -0.15) is 0 Å². The molecule has 2 aromatic rings. The largest absolute Gasteiger partial charge is 0.414 e. The molecule has 6 nitrogen and oxygen atoms in total. The lowest BCUT2D eigenvalue weighted by Gasteiger charge is -2.16. The van der Waals surface area contributed by atoms with Crippen LogP contribution in [0.15, 0.2) is 33.2 Å². The van der Waals surface area contributed by atoms with Crippen LogP contribution in [0, 0.1) is 4.84 Å². The van der Waals surface area contributed by atoms with Crippen LogP contribution in [0.25, 0.3) is 0 Å². The van der Waals surface area contributed by atoms with Crippen LogP contribution in [-0.2, 0) is 23.1 Å². The number of aromatic nitrogens is 2. The molecule has 0 amide bonds. The highest BCUT2D eigenvalue weighted by Gasteiger charge is 2.32. The van der Waals surface area contributed by atoms with E-state index in [4.69, 9.17) is 16.6 Å². The zero-order valence-electron chi connectivity index (χ0n) is 13.2. The number of benzene rings is 1. The van der Waals surface area contributed by atoms with Crippen molar-refractivity contribution in [3.63, 3.8) is 0 Å². The van der Waals surface area contributed by atoms with Crippen LogP contribution >= 0.6 is 28.1 Å². The lowest BCUT2D eigenvalue weighted by atomic mass is 10.1. The van der Waals surface area contributed by atoms with E-state index >= 15 is 0 Å². The highest BCUT2D eigenvalue weighted by atomic mass is 79.9. The number of hydrogen-bond donors (Lipinski definition) is 0. The molecule has 2 heterocycles. The molecular formula is C15H18BrN3O3S2. The molecule has 1 unspecified atom stereocenters. The molecular weight excluding hydrogens is 414 g/mol. The maximum Gasteiger partial charge on any atom is 0.288 e. The summed E-state index contributed by atoms with van der Waals surface area (Å²) >= 11 is 8.64. The van der Waals surface area contributed by atoms with E-state index in [9.17, 15) is 8.42 Å². The number of hydrogen-bond acceptors (Lipinski definition) is 6. The molecule has 1 saturated heterocycles. The van der Waals surface area contributed by atoms with Crippen LogP contribution in [0.1, 0.15) is 23.8 Å². The van der Waals surface area contributed by atoms with Gasteiger partial charge in [0.2, 0.25) is 5.89 Å². The molecule has 1 aliphatic heterocycles. The molecule has 130 valence electrons. The Balaban J connectivity index is 1.67. The molecule has 1 aliphatic rings. The summed E-state index contributed by atoms with van der Waals surface area (Å²) in [5.41, 5.74) is 1.18. The first-order valence-electron chi connectivity index (χ1n) is 7.54. The van der Waals surface area contributed by atoms with Gasteiger partial charge in [0.05, 0.1) is 24.1 Å². The molecule has 9 heteroatoms. The summed E-state index contributed by atoms with van der Waals surface area (Å²) in [6.45, 7) is 1.23. The minimum absolute atomic E-state index is 0.0943. The summed E-state index contributed by atoms with van der Waals surface area (Å²) in [5, 5.41) is 4.39. The van der Waals surface area contributed by atoms with Gasteiger partial charge in [-0.1, -0.05) is 28.1 Å². The van der Waals surface area contributed by atoms with Gasteiger partial charge in [-0.25, -0.2) is 13.1 Å². The Kier molecular flexibility index (Phi) is 5.24. The quantitative estimate of drug-likeness (QED) is 0.677. The number of nitrogens with zero attached hydrogens (tertiary/aromatic N) is 3. The second-order valence-electron chi connectivity index (χ2n) is 6.09. The van der Waals surface area contributed by atoms with Crippen LogP contribution < -0.4 is 0 Å². The van der Waals surface area contributed by atoms with Crippen LogP contribution in [0.4, 0.5) is 0 Å². The van der Waals surface area contributed by atoms with Crippen LogP contribution in [-0.4, -0.2) is 41.7 Å². The first-order valence-corrected chi connectivity index (χ1v) is 10.6. The molecule has 1 aromatic carbocycles. The standard InChI is InChI=1S/C15H18BrN3O3S2/c1-18(8-11-2-4-13(16)5-3-11)10-19-15(23)22-14(17-19)12-6-7-24(20,21)9-12/h2-5,12H,6-10H2,1H3. The van der Waals surface area contributed by atoms with Crippen LogP contribution in [0.3, 0.4) is 0 Å². The van der Waals surface area contributed by atoms with Gasteiger partial charge in [-0.3, -0.25) is 4.90 Å². The second kappa shape index (κ2) is 7.07. The van der Waals surface area contributed by atoms with Crippen molar-refractivity contribution in [1.29, 1.82) is 0 Å². The summed E-state index contributed by atoms with van der Waals surface area (Å²) < 4.78 is 31.4. The third-order valence-electron chi connectivity index (χ3n) is 3.94. The Hall–Kier alpha value is -1.03. The van der Waals surface area contributed by atoms with Crippen molar-refractivity contribution >= 4 is 38.0 Å². The van der Waals surface area contributed by atoms with Gasteiger partial charge in [-0.05, 0) is 43.4 Å². The van der Waals surface area contributed by atoms with Crippen molar-refractivity contribution in [2.24, 2.45) is 0 Å². The highest BCUT2D eigenvalue weighted by Crippen LogP contribution is 2.27.